The van der Waals surface area contributed by atoms with Crippen LogP contribution in [0.5, 0.6) is 0 Å². The van der Waals surface area contributed by atoms with E-state index >= 15 is 0 Å². The first-order valence-electron chi connectivity index (χ1n) is 8.29. The molecule has 116 valence electrons. The number of nitrogens with zero attached hydrogens (tertiary/aromatic N) is 3. The summed E-state index contributed by atoms with van der Waals surface area (Å²) in [6.45, 7) is 1.19. The topological polar surface area (TPSA) is 21.1 Å². The molecule has 0 saturated carbocycles. The predicted octanol–water partition coefficient (Wildman–Crippen LogP) is 3.95. The number of hydrogen-bond donors (Lipinski definition) is 0. The van der Waals surface area contributed by atoms with Crippen LogP contribution in [0.1, 0.15) is 37.3 Å². The van der Waals surface area contributed by atoms with E-state index in [0.717, 1.165) is 23.5 Å². The number of halogens is 1. The summed E-state index contributed by atoms with van der Waals surface area (Å²) in [5.74, 6) is 0. The second kappa shape index (κ2) is 6.05. The maximum atomic E-state index is 6.02. The number of fused-ring (bicyclic) bond motifs is 2. The summed E-state index contributed by atoms with van der Waals surface area (Å²) in [5, 5.41) is 5.17. The Hall–Kier alpha value is -1.32. The van der Waals surface area contributed by atoms with E-state index < -0.39 is 0 Å². The fourth-order valence-corrected chi connectivity index (χ4v) is 4.39. The molecule has 0 spiro atoms. The normalized spacial score (nSPS) is 28.1. The van der Waals surface area contributed by atoms with E-state index in [0.29, 0.717) is 6.04 Å². The van der Waals surface area contributed by atoms with E-state index in [4.69, 9.17) is 11.6 Å². The monoisotopic (exact) mass is 315 g/mol. The molecule has 0 radical (unpaired) electrons. The highest BCUT2D eigenvalue weighted by Crippen LogP contribution is 2.40. The molecule has 4 rings (SSSR count). The van der Waals surface area contributed by atoms with Gasteiger partial charge >= 0.3 is 0 Å². The fourth-order valence-electron chi connectivity index (χ4n) is 4.24. The Balaban J connectivity index is 1.40. The van der Waals surface area contributed by atoms with Crippen molar-refractivity contribution in [2.24, 2.45) is 0 Å². The van der Waals surface area contributed by atoms with E-state index in [9.17, 15) is 0 Å². The third-order valence-electron chi connectivity index (χ3n) is 5.31. The average molecular weight is 316 g/mol. The summed E-state index contributed by atoms with van der Waals surface area (Å²) in [6.07, 6.45) is 9.99. The predicted molar refractivity (Wildman–Crippen MR) is 89.2 cm³/mol. The number of piperidine rings is 1. The van der Waals surface area contributed by atoms with Gasteiger partial charge in [-0.25, -0.2) is 0 Å². The van der Waals surface area contributed by atoms with Gasteiger partial charge in [-0.2, -0.15) is 5.10 Å². The van der Waals surface area contributed by atoms with Crippen LogP contribution in [0.2, 0.25) is 5.02 Å². The third kappa shape index (κ3) is 2.80. The van der Waals surface area contributed by atoms with Crippen LogP contribution in [0.3, 0.4) is 0 Å². The molecule has 4 heteroatoms. The molecule has 2 atom stereocenters. The molecule has 0 amide bonds. The smallest absolute Gasteiger partial charge is 0.0785 e. The van der Waals surface area contributed by atoms with Crippen molar-refractivity contribution in [3.8, 4) is 0 Å². The zero-order valence-corrected chi connectivity index (χ0v) is 13.5. The number of benzene rings is 1. The molecular weight excluding hydrogens is 294 g/mol. The zero-order valence-electron chi connectivity index (χ0n) is 12.7. The second-order valence-corrected chi connectivity index (χ2v) is 7.06. The Morgan fingerprint density at radius 1 is 1.05 bits per heavy atom. The molecule has 2 fully saturated rings. The summed E-state index contributed by atoms with van der Waals surface area (Å²) in [4.78, 5) is 2.74. The van der Waals surface area contributed by atoms with Crippen molar-refractivity contribution in [2.75, 3.05) is 6.54 Å². The van der Waals surface area contributed by atoms with Crippen molar-refractivity contribution < 1.29 is 0 Å². The molecule has 2 saturated heterocycles. The quantitative estimate of drug-likeness (QED) is 0.852. The molecule has 0 N–H and O–H groups in total. The molecule has 0 aliphatic carbocycles. The van der Waals surface area contributed by atoms with Crippen LogP contribution >= 0.6 is 11.6 Å². The number of rotatable bonds is 4. The van der Waals surface area contributed by atoms with E-state index in [1.807, 2.05) is 6.20 Å². The number of hydrogen-bond acceptors (Lipinski definition) is 2. The Labute approximate surface area is 136 Å². The van der Waals surface area contributed by atoms with Gasteiger partial charge in [-0.3, -0.25) is 9.58 Å². The van der Waals surface area contributed by atoms with Gasteiger partial charge < -0.3 is 0 Å². The Bertz CT molecular complexity index is 610. The fraction of sp³-hybridized carbons (Fsp3) is 0.500. The van der Waals surface area contributed by atoms with Gasteiger partial charge in [0.2, 0.25) is 0 Å². The van der Waals surface area contributed by atoms with Gasteiger partial charge in [0.1, 0.15) is 0 Å². The highest BCUT2D eigenvalue weighted by atomic mass is 35.5. The molecule has 2 aliphatic heterocycles. The van der Waals surface area contributed by atoms with Gasteiger partial charge in [0, 0.05) is 24.8 Å². The van der Waals surface area contributed by atoms with Gasteiger partial charge in [0.05, 0.1) is 17.3 Å². The molecule has 2 bridgehead atoms. The lowest BCUT2D eigenvalue weighted by Gasteiger charge is -2.39. The lowest BCUT2D eigenvalue weighted by Crippen LogP contribution is -2.44. The lowest BCUT2D eigenvalue weighted by atomic mass is 9.97. The molecule has 3 nitrogen and oxygen atoms in total. The van der Waals surface area contributed by atoms with Crippen LogP contribution < -0.4 is 0 Å². The minimum atomic E-state index is 0.526. The van der Waals surface area contributed by atoms with Crippen molar-refractivity contribution in [3.05, 3.63) is 53.3 Å². The Kier molecular flexibility index (Phi) is 3.93. The van der Waals surface area contributed by atoms with E-state index in [1.54, 1.807) is 6.20 Å². The summed E-state index contributed by atoms with van der Waals surface area (Å²) in [5.41, 5.74) is 1.45. The van der Waals surface area contributed by atoms with Crippen LogP contribution in [-0.2, 0) is 6.42 Å². The zero-order chi connectivity index (χ0) is 14.9. The van der Waals surface area contributed by atoms with Crippen LogP contribution in [0.25, 0.3) is 0 Å². The Morgan fingerprint density at radius 3 is 2.41 bits per heavy atom. The Morgan fingerprint density at radius 2 is 1.77 bits per heavy atom. The van der Waals surface area contributed by atoms with Gasteiger partial charge in [-0.15, -0.1) is 0 Å². The summed E-state index contributed by atoms with van der Waals surface area (Å²) in [7, 11) is 0. The molecule has 3 heterocycles. The summed E-state index contributed by atoms with van der Waals surface area (Å²) < 4.78 is 2.09. The molecule has 1 aromatic heterocycles. The average Bonchev–Trinajstić information content (AvgIpc) is 3.07. The highest BCUT2D eigenvalue weighted by molar-refractivity contribution is 6.30. The lowest BCUT2D eigenvalue weighted by molar-refractivity contribution is 0.104. The standard InChI is InChI=1S/C18H22ClN3/c19-15-12-20-22(13-15)18-10-16-6-7-17(11-18)21(16)9-8-14-4-2-1-3-5-14/h1-5,12-13,16-18H,6-11H2. The van der Waals surface area contributed by atoms with Gasteiger partial charge in [-0.05, 0) is 37.7 Å². The van der Waals surface area contributed by atoms with Gasteiger partial charge in [0.25, 0.3) is 0 Å². The molecular formula is C18H22ClN3. The van der Waals surface area contributed by atoms with Gasteiger partial charge in [0.15, 0.2) is 0 Å². The van der Waals surface area contributed by atoms with Gasteiger partial charge in [-0.1, -0.05) is 41.9 Å². The van der Waals surface area contributed by atoms with Crippen LogP contribution in [0, 0.1) is 0 Å². The third-order valence-corrected chi connectivity index (χ3v) is 5.50. The summed E-state index contributed by atoms with van der Waals surface area (Å²) in [6, 6.07) is 12.8. The minimum absolute atomic E-state index is 0.526. The van der Waals surface area contributed by atoms with Crippen molar-refractivity contribution in [1.82, 2.24) is 14.7 Å². The van der Waals surface area contributed by atoms with Crippen molar-refractivity contribution >= 4 is 11.6 Å². The van der Waals surface area contributed by atoms with Crippen LogP contribution in [-0.4, -0.2) is 33.3 Å². The first-order valence-corrected chi connectivity index (χ1v) is 8.67. The first-order chi connectivity index (χ1) is 10.8. The molecule has 2 unspecified atom stereocenters. The molecule has 22 heavy (non-hydrogen) atoms. The first kappa shape index (κ1) is 14.3. The van der Waals surface area contributed by atoms with Crippen LogP contribution in [0.4, 0.5) is 0 Å². The van der Waals surface area contributed by atoms with Crippen molar-refractivity contribution in [1.29, 1.82) is 0 Å². The second-order valence-electron chi connectivity index (χ2n) is 6.62. The SMILES string of the molecule is Clc1cnn(C2CC3CCC(C2)N3CCc2ccccc2)c1. The van der Waals surface area contributed by atoms with Crippen LogP contribution in [0.15, 0.2) is 42.7 Å². The maximum absolute atomic E-state index is 6.02. The van der Waals surface area contributed by atoms with Crippen molar-refractivity contribution in [3.63, 3.8) is 0 Å². The highest BCUT2D eigenvalue weighted by Gasteiger charge is 2.41. The molecule has 2 aliphatic rings. The molecule has 1 aromatic carbocycles. The summed E-state index contributed by atoms with van der Waals surface area (Å²) >= 11 is 6.02. The largest absolute Gasteiger partial charge is 0.297 e. The number of aromatic nitrogens is 2. The maximum Gasteiger partial charge on any atom is 0.0785 e. The minimum Gasteiger partial charge on any atom is -0.297 e. The van der Waals surface area contributed by atoms with E-state index in [2.05, 4.69) is 45.0 Å². The van der Waals surface area contributed by atoms with Crippen molar-refractivity contribution in [2.45, 2.75) is 50.2 Å². The molecule has 2 aromatic rings. The van der Waals surface area contributed by atoms with E-state index in [1.165, 1.54) is 37.8 Å². The van der Waals surface area contributed by atoms with E-state index in [-0.39, 0.29) is 0 Å².